The zero-order valence-corrected chi connectivity index (χ0v) is 20.6. The first-order chi connectivity index (χ1) is 17.4. The van der Waals surface area contributed by atoms with E-state index in [0.717, 1.165) is 5.56 Å². The number of nitrogens with one attached hydrogen (secondary N) is 1. The number of furan rings is 1. The number of imidazole rings is 1. The molecular formula is C26H27ClN4O5. The summed E-state index contributed by atoms with van der Waals surface area (Å²) >= 11 is 6.32. The molecule has 3 aromatic heterocycles. The Bertz CT molecular complexity index is 1430. The Hall–Kier alpha value is -3.56. The van der Waals surface area contributed by atoms with Crippen molar-refractivity contribution in [1.29, 1.82) is 0 Å². The van der Waals surface area contributed by atoms with Gasteiger partial charge in [0.05, 0.1) is 48.7 Å². The molecule has 2 N–H and O–H groups in total. The van der Waals surface area contributed by atoms with Gasteiger partial charge in [-0.1, -0.05) is 17.7 Å². The molecule has 5 rings (SSSR count). The maximum absolute atomic E-state index is 13.7. The van der Waals surface area contributed by atoms with Gasteiger partial charge in [0.15, 0.2) is 5.65 Å². The van der Waals surface area contributed by atoms with Crippen LogP contribution in [0.3, 0.4) is 0 Å². The van der Waals surface area contributed by atoms with Crippen LogP contribution in [0.5, 0.6) is 5.75 Å². The Morgan fingerprint density at radius 3 is 2.75 bits per heavy atom. The summed E-state index contributed by atoms with van der Waals surface area (Å²) in [6, 6.07) is 10.5. The second-order valence-electron chi connectivity index (χ2n) is 9.00. The number of ether oxygens (including phenoxy) is 1. The van der Waals surface area contributed by atoms with Gasteiger partial charge in [-0.15, -0.1) is 0 Å². The fourth-order valence-electron chi connectivity index (χ4n) is 4.75. The third-order valence-corrected chi connectivity index (χ3v) is 6.95. The van der Waals surface area contributed by atoms with Gasteiger partial charge in [0.1, 0.15) is 11.5 Å². The first-order valence-corrected chi connectivity index (χ1v) is 12.2. The molecule has 1 aliphatic rings. The van der Waals surface area contributed by atoms with Crippen molar-refractivity contribution in [2.75, 3.05) is 7.11 Å². The van der Waals surface area contributed by atoms with Crippen LogP contribution >= 0.6 is 11.6 Å². The van der Waals surface area contributed by atoms with E-state index in [1.54, 1.807) is 52.8 Å². The maximum Gasteiger partial charge on any atom is 0.330 e. The smallest absolute Gasteiger partial charge is 0.330 e. The number of aliphatic hydroxyl groups is 1. The minimum Gasteiger partial charge on any atom is -0.495 e. The molecule has 9 nitrogen and oxygen atoms in total. The molecule has 0 unspecified atom stereocenters. The quantitative estimate of drug-likeness (QED) is 0.390. The van der Waals surface area contributed by atoms with Gasteiger partial charge in [-0.05, 0) is 61.6 Å². The summed E-state index contributed by atoms with van der Waals surface area (Å²) in [4.78, 5) is 31.1. The first kappa shape index (κ1) is 24.1. The summed E-state index contributed by atoms with van der Waals surface area (Å²) < 4.78 is 13.8. The lowest BCUT2D eigenvalue weighted by Crippen LogP contribution is -2.31. The van der Waals surface area contributed by atoms with Gasteiger partial charge in [0, 0.05) is 12.2 Å². The summed E-state index contributed by atoms with van der Waals surface area (Å²) in [5, 5.41) is 13.2. The number of rotatable bonds is 7. The number of hydrogen-bond acceptors (Lipinski definition) is 6. The number of carbonyl (C=O) groups is 1. The van der Waals surface area contributed by atoms with Crippen molar-refractivity contribution in [3.8, 4) is 5.75 Å². The standard InChI is InChI=1S/C26H27ClN4O5/c1-35-23-9-4-16(11-21(23)27)15-30-22-12-17(25(33)29-14-20-3-2-10-36-20)13-28-24(22)31(26(30)34)18-5-7-19(32)8-6-18/h2-4,9-13,18-19,32H,5-8,14-15H2,1H3,(H,29,33). The number of amides is 1. The van der Waals surface area contributed by atoms with Crippen LogP contribution in [-0.2, 0) is 13.1 Å². The predicted octanol–water partition coefficient (Wildman–Crippen LogP) is 3.91. The van der Waals surface area contributed by atoms with E-state index in [1.165, 1.54) is 6.20 Å². The molecular weight excluding hydrogens is 484 g/mol. The first-order valence-electron chi connectivity index (χ1n) is 11.9. The normalized spacial score (nSPS) is 17.9. The van der Waals surface area contributed by atoms with Crippen LogP contribution in [0.4, 0.5) is 0 Å². The molecule has 0 aliphatic heterocycles. The molecule has 0 spiro atoms. The van der Waals surface area contributed by atoms with Crippen molar-refractivity contribution in [2.24, 2.45) is 0 Å². The SMILES string of the molecule is COc1ccc(Cn2c(=O)n(C3CCC(O)CC3)c3ncc(C(=O)NCc4ccco4)cc32)cc1Cl. The van der Waals surface area contributed by atoms with Crippen molar-refractivity contribution in [2.45, 2.75) is 50.9 Å². The van der Waals surface area contributed by atoms with Gasteiger partial charge < -0.3 is 19.6 Å². The number of halogens is 1. The van der Waals surface area contributed by atoms with E-state index < -0.39 is 0 Å². The minimum atomic E-state index is -0.343. The highest BCUT2D eigenvalue weighted by Crippen LogP contribution is 2.31. The summed E-state index contributed by atoms with van der Waals surface area (Å²) in [6.45, 7) is 0.493. The van der Waals surface area contributed by atoms with Crippen molar-refractivity contribution in [3.63, 3.8) is 0 Å². The number of benzene rings is 1. The van der Waals surface area contributed by atoms with Gasteiger partial charge in [-0.3, -0.25) is 13.9 Å². The molecule has 0 atom stereocenters. The molecule has 1 amide bonds. The monoisotopic (exact) mass is 510 g/mol. The molecule has 1 fully saturated rings. The Labute approximate surface area is 212 Å². The molecule has 1 aromatic carbocycles. The van der Waals surface area contributed by atoms with E-state index in [2.05, 4.69) is 10.3 Å². The average molecular weight is 511 g/mol. The Morgan fingerprint density at radius 1 is 1.25 bits per heavy atom. The summed E-state index contributed by atoms with van der Waals surface area (Å²) in [5.41, 5.74) is 2.02. The molecule has 10 heteroatoms. The fourth-order valence-corrected chi connectivity index (χ4v) is 5.03. The lowest BCUT2D eigenvalue weighted by atomic mass is 9.93. The number of aliphatic hydroxyl groups excluding tert-OH is 1. The predicted molar refractivity (Wildman–Crippen MR) is 134 cm³/mol. The van der Waals surface area contributed by atoms with Gasteiger partial charge >= 0.3 is 5.69 Å². The van der Waals surface area contributed by atoms with Crippen LogP contribution in [0.1, 0.15) is 53.4 Å². The molecule has 3 heterocycles. The van der Waals surface area contributed by atoms with Crippen molar-refractivity contribution >= 4 is 28.7 Å². The highest BCUT2D eigenvalue weighted by Gasteiger charge is 2.27. The van der Waals surface area contributed by atoms with Gasteiger partial charge in [0.25, 0.3) is 5.91 Å². The van der Waals surface area contributed by atoms with E-state index >= 15 is 0 Å². The molecule has 1 aliphatic carbocycles. The van der Waals surface area contributed by atoms with Crippen molar-refractivity contribution in [1.82, 2.24) is 19.4 Å². The van der Waals surface area contributed by atoms with Crippen LogP contribution in [0.15, 0.2) is 58.1 Å². The van der Waals surface area contributed by atoms with E-state index in [0.29, 0.717) is 58.9 Å². The summed E-state index contributed by atoms with van der Waals surface area (Å²) in [7, 11) is 1.55. The van der Waals surface area contributed by atoms with E-state index in [9.17, 15) is 14.7 Å². The molecule has 0 bridgehead atoms. The second kappa shape index (κ2) is 10.2. The van der Waals surface area contributed by atoms with Crippen LogP contribution in [0.25, 0.3) is 11.2 Å². The Morgan fingerprint density at radius 2 is 2.06 bits per heavy atom. The Kier molecular flexibility index (Phi) is 6.84. The maximum atomic E-state index is 13.7. The third kappa shape index (κ3) is 4.76. The third-order valence-electron chi connectivity index (χ3n) is 6.66. The molecule has 36 heavy (non-hydrogen) atoms. The van der Waals surface area contributed by atoms with Crippen LogP contribution in [-0.4, -0.2) is 38.3 Å². The number of hydrogen-bond donors (Lipinski definition) is 2. The highest BCUT2D eigenvalue weighted by atomic mass is 35.5. The van der Waals surface area contributed by atoms with E-state index in [4.69, 9.17) is 20.8 Å². The van der Waals surface area contributed by atoms with Crippen molar-refractivity contribution < 1.29 is 19.1 Å². The van der Waals surface area contributed by atoms with E-state index in [-0.39, 0.29) is 36.8 Å². The lowest BCUT2D eigenvalue weighted by molar-refractivity contribution is 0.0947. The molecule has 0 radical (unpaired) electrons. The molecule has 4 aromatic rings. The minimum absolute atomic E-state index is 0.0739. The molecule has 0 saturated heterocycles. The molecule has 188 valence electrons. The van der Waals surface area contributed by atoms with Gasteiger partial charge in [0.2, 0.25) is 0 Å². The van der Waals surface area contributed by atoms with Crippen LogP contribution < -0.4 is 15.7 Å². The zero-order valence-electron chi connectivity index (χ0n) is 19.8. The molecule has 1 saturated carbocycles. The number of methoxy groups -OCH3 is 1. The van der Waals surface area contributed by atoms with Gasteiger partial charge in [-0.25, -0.2) is 9.78 Å². The van der Waals surface area contributed by atoms with Crippen molar-refractivity contribution in [3.05, 3.63) is 81.3 Å². The number of fused-ring (bicyclic) bond motifs is 1. The number of aromatic nitrogens is 3. The Balaban J connectivity index is 1.53. The second-order valence-corrected chi connectivity index (χ2v) is 9.41. The fraction of sp³-hybridized carbons (Fsp3) is 0.346. The lowest BCUT2D eigenvalue weighted by Gasteiger charge is -2.26. The van der Waals surface area contributed by atoms with Crippen LogP contribution in [0, 0.1) is 0 Å². The average Bonchev–Trinajstić information content (AvgIpc) is 3.49. The van der Waals surface area contributed by atoms with E-state index in [1.807, 2.05) is 6.07 Å². The van der Waals surface area contributed by atoms with Crippen LogP contribution in [0.2, 0.25) is 5.02 Å². The summed E-state index contributed by atoms with van der Waals surface area (Å²) in [5.74, 6) is 0.866. The largest absolute Gasteiger partial charge is 0.495 e. The highest BCUT2D eigenvalue weighted by molar-refractivity contribution is 6.32. The number of carbonyl (C=O) groups excluding carboxylic acids is 1. The topological polar surface area (TPSA) is 112 Å². The summed E-state index contributed by atoms with van der Waals surface area (Å²) in [6.07, 6.45) is 5.32. The van der Waals surface area contributed by atoms with Gasteiger partial charge in [-0.2, -0.15) is 0 Å². The zero-order chi connectivity index (χ0) is 25.2. The number of pyridine rings is 1. The number of nitrogens with zero attached hydrogens (tertiary/aromatic N) is 3.